The van der Waals surface area contributed by atoms with E-state index in [1.807, 2.05) is 97.9 Å². The Morgan fingerprint density at radius 1 is 0.419 bits per heavy atom. The SMILES string of the molecule is Cc1ccc(C(C(=O)c2ccccc2)=C(C(=O)c2ccccc2)c2ccccc2)cc1. The van der Waals surface area contributed by atoms with Crippen LogP contribution in [0.4, 0.5) is 0 Å². The number of allylic oxidation sites excluding steroid dienone is 2. The van der Waals surface area contributed by atoms with E-state index in [-0.39, 0.29) is 11.6 Å². The van der Waals surface area contributed by atoms with Crippen molar-refractivity contribution >= 4 is 22.7 Å². The molecule has 0 aromatic heterocycles. The third-order valence-electron chi connectivity index (χ3n) is 5.18. The molecule has 0 N–H and O–H groups in total. The molecule has 0 spiro atoms. The Bertz CT molecular complexity index is 1220. The molecule has 4 aromatic carbocycles. The Hall–Kier alpha value is -4.04. The lowest BCUT2D eigenvalue weighted by Crippen LogP contribution is -2.12. The number of aryl methyl sites for hydroxylation is 1. The van der Waals surface area contributed by atoms with Crippen LogP contribution in [-0.4, -0.2) is 11.6 Å². The van der Waals surface area contributed by atoms with Crippen LogP contribution in [0.1, 0.15) is 37.4 Å². The molecule has 4 rings (SSSR count). The number of ketones is 2. The summed E-state index contributed by atoms with van der Waals surface area (Å²) in [7, 11) is 0. The fraction of sp³-hybridized carbons (Fsp3) is 0.0345. The topological polar surface area (TPSA) is 34.1 Å². The highest BCUT2D eigenvalue weighted by atomic mass is 16.1. The first kappa shape index (κ1) is 20.2. The van der Waals surface area contributed by atoms with Gasteiger partial charge in [0.25, 0.3) is 0 Å². The minimum absolute atomic E-state index is 0.174. The molecule has 150 valence electrons. The molecular weight excluding hydrogens is 380 g/mol. The van der Waals surface area contributed by atoms with E-state index in [1.165, 1.54) is 0 Å². The van der Waals surface area contributed by atoms with Crippen LogP contribution >= 0.6 is 0 Å². The molecule has 0 amide bonds. The number of carbonyl (C=O) groups is 2. The Balaban J connectivity index is 2.03. The maximum atomic E-state index is 13.8. The standard InChI is InChI=1S/C29H22O2/c1-21-17-19-23(20-18-21)27(29(31)25-15-9-4-10-16-25)26(22-11-5-2-6-12-22)28(30)24-13-7-3-8-14-24/h2-20H,1H3. The van der Waals surface area contributed by atoms with Crippen molar-refractivity contribution in [3.63, 3.8) is 0 Å². The van der Waals surface area contributed by atoms with Gasteiger partial charge in [-0.3, -0.25) is 9.59 Å². The molecule has 31 heavy (non-hydrogen) atoms. The van der Waals surface area contributed by atoms with Gasteiger partial charge >= 0.3 is 0 Å². The molecule has 0 saturated heterocycles. The maximum absolute atomic E-state index is 13.8. The molecule has 0 bridgehead atoms. The minimum Gasteiger partial charge on any atom is -0.289 e. The number of rotatable bonds is 6. The third kappa shape index (κ3) is 4.44. The van der Waals surface area contributed by atoms with Crippen LogP contribution in [0.25, 0.3) is 11.1 Å². The van der Waals surface area contributed by atoms with Crippen molar-refractivity contribution < 1.29 is 9.59 Å². The van der Waals surface area contributed by atoms with Crippen molar-refractivity contribution in [1.82, 2.24) is 0 Å². The lowest BCUT2D eigenvalue weighted by Gasteiger charge is -2.16. The highest BCUT2D eigenvalue weighted by molar-refractivity contribution is 6.46. The van der Waals surface area contributed by atoms with Crippen LogP contribution in [-0.2, 0) is 0 Å². The maximum Gasteiger partial charge on any atom is 0.194 e. The second-order valence-electron chi connectivity index (χ2n) is 7.37. The molecule has 0 unspecified atom stereocenters. The lowest BCUT2D eigenvalue weighted by molar-refractivity contribution is 0.103. The molecular formula is C29H22O2. The Kier molecular flexibility index (Phi) is 6.00. The summed E-state index contributed by atoms with van der Waals surface area (Å²) in [5, 5.41) is 0. The summed E-state index contributed by atoms with van der Waals surface area (Å²) in [5.74, 6) is -0.348. The molecule has 0 saturated carbocycles. The van der Waals surface area contributed by atoms with Crippen molar-refractivity contribution in [3.05, 3.63) is 143 Å². The predicted octanol–water partition coefficient (Wildman–Crippen LogP) is 6.67. The summed E-state index contributed by atoms with van der Waals surface area (Å²) in [6.45, 7) is 2.00. The van der Waals surface area contributed by atoms with Gasteiger partial charge in [-0.2, -0.15) is 0 Å². The molecule has 0 radical (unpaired) electrons. The quantitative estimate of drug-likeness (QED) is 0.205. The van der Waals surface area contributed by atoms with Crippen molar-refractivity contribution in [3.8, 4) is 0 Å². The van der Waals surface area contributed by atoms with Gasteiger partial charge in [0.1, 0.15) is 0 Å². The van der Waals surface area contributed by atoms with Crippen molar-refractivity contribution in [2.75, 3.05) is 0 Å². The minimum atomic E-state index is -0.174. The summed E-state index contributed by atoms with van der Waals surface area (Å²) in [6, 6.07) is 35.4. The third-order valence-corrected chi connectivity index (χ3v) is 5.18. The van der Waals surface area contributed by atoms with Crippen LogP contribution in [0.2, 0.25) is 0 Å². The van der Waals surface area contributed by atoms with Gasteiger partial charge in [0.2, 0.25) is 0 Å². The van der Waals surface area contributed by atoms with E-state index in [9.17, 15) is 9.59 Å². The highest BCUT2D eigenvalue weighted by Crippen LogP contribution is 2.32. The van der Waals surface area contributed by atoms with Gasteiger partial charge in [0, 0.05) is 22.3 Å². The molecule has 0 heterocycles. The van der Waals surface area contributed by atoms with Gasteiger partial charge in [0.15, 0.2) is 11.6 Å². The van der Waals surface area contributed by atoms with Gasteiger partial charge in [-0.1, -0.05) is 121 Å². The summed E-state index contributed by atoms with van der Waals surface area (Å²) < 4.78 is 0. The Morgan fingerprint density at radius 3 is 1.13 bits per heavy atom. The van der Waals surface area contributed by atoms with E-state index in [4.69, 9.17) is 0 Å². The first-order chi connectivity index (χ1) is 15.1. The zero-order valence-electron chi connectivity index (χ0n) is 17.3. The van der Waals surface area contributed by atoms with E-state index >= 15 is 0 Å². The van der Waals surface area contributed by atoms with Crippen LogP contribution in [0.15, 0.2) is 115 Å². The molecule has 2 heteroatoms. The summed E-state index contributed by atoms with van der Waals surface area (Å²) in [5.41, 5.74) is 4.44. The first-order valence-corrected chi connectivity index (χ1v) is 10.2. The molecule has 0 atom stereocenters. The van der Waals surface area contributed by atoms with Gasteiger partial charge in [0.05, 0.1) is 0 Å². The zero-order chi connectivity index (χ0) is 21.6. The number of carbonyl (C=O) groups excluding carboxylic acids is 2. The van der Waals surface area contributed by atoms with Crippen LogP contribution in [0.3, 0.4) is 0 Å². The van der Waals surface area contributed by atoms with Crippen molar-refractivity contribution in [2.24, 2.45) is 0 Å². The van der Waals surface area contributed by atoms with Gasteiger partial charge in [-0.05, 0) is 18.1 Å². The fourth-order valence-corrected chi connectivity index (χ4v) is 3.57. The first-order valence-electron chi connectivity index (χ1n) is 10.2. The molecule has 0 aliphatic rings. The largest absolute Gasteiger partial charge is 0.289 e. The number of hydrogen-bond donors (Lipinski definition) is 0. The second kappa shape index (κ2) is 9.19. The molecule has 2 nitrogen and oxygen atoms in total. The number of Topliss-reactive ketones (excluding diaryl/α,β-unsaturated/α-hetero) is 2. The predicted molar refractivity (Wildman–Crippen MR) is 126 cm³/mol. The average Bonchev–Trinajstić information content (AvgIpc) is 2.84. The van der Waals surface area contributed by atoms with Crippen LogP contribution in [0.5, 0.6) is 0 Å². The Morgan fingerprint density at radius 2 is 0.742 bits per heavy atom. The summed E-state index contributed by atoms with van der Waals surface area (Å²) in [6.07, 6.45) is 0. The molecule has 0 aliphatic heterocycles. The Labute approximate surface area is 182 Å². The van der Waals surface area contributed by atoms with E-state index in [0.29, 0.717) is 22.3 Å². The zero-order valence-corrected chi connectivity index (χ0v) is 17.3. The van der Waals surface area contributed by atoms with E-state index < -0.39 is 0 Å². The number of benzene rings is 4. The van der Waals surface area contributed by atoms with E-state index in [0.717, 1.165) is 16.7 Å². The van der Waals surface area contributed by atoms with Gasteiger partial charge < -0.3 is 0 Å². The van der Waals surface area contributed by atoms with E-state index in [2.05, 4.69) is 0 Å². The number of hydrogen-bond acceptors (Lipinski definition) is 2. The van der Waals surface area contributed by atoms with Gasteiger partial charge in [-0.15, -0.1) is 0 Å². The second-order valence-corrected chi connectivity index (χ2v) is 7.37. The summed E-state index contributed by atoms with van der Waals surface area (Å²) >= 11 is 0. The monoisotopic (exact) mass is 402 g/mol. The fourth-order valence-electron chi connectivity index (χ4n) is 3.57. The average molecular weight is 402 g/mol. The molecule has 4 aromatic rings. The van der Waals surface area contributed by atoms with Crippen molar-refractivity contribution in [1.29, 1.82) is 0 Å². The normalized spacial score (nSPS) is 11.5. The molecule has 0 aliphatic carbocycles. The molecule has 0 fully saturated rings. The summed E-state index contributed by atoms with van der Waals surface area (Å²) in [4.78, 5) is 27.5. The van der Waals surface area contributed by atoms with Crippen LogP contribution in [0, 0.1) is 6.92 Å². The highest BCUT2D eigenvalue weighted by Gasteiger charge is 2.25. The van der Waals surface area contributed by atoms with E-state index in [1.54, 1.807) is 24.3 Å². The van der Waals surface area contributed by atoms with Gasteiger partial charge in [-0.25, -0.2) is 0 Å². The smallest absolute Gasteiger partial charge is 0.194 e. The lowest BCUT2D eigenvalue weighted by atomic mass is 9.85. The van der Waals surface area contributed by atoms with Crippen molar-refractivity contribution in [2.45, 2.75) is 6.92 Å². The van der Waals surface area contributed by atoms with Crippen LogP contribution < -0.4 is 0 Å².